The molecule has 6 nitrogen and oxygen atoms in total. The van der Waals surface area contributed by atoms with Crippen molar-refractivity contribution >= 4 is 5.97 Å². The second-order valence-electron chi connectivity index (χ2n) is 4.02. The van der Waals surface area contributed by atoms with Gasteiger partial charge in [0.1, 0.15) is 12.0 Å². The van der Waals surface area contributed by atoms with Crippen LogP contribution in [-0.4, -0.2) is 42.0 Å². The van der Waals surface area contributed by atoms with Gasteiger partial charge >= 0.3 is 5.97 Å². The molecule has 0 saturated heterocycles. The number of hydrogen-bond donors (Lipinski definition) is 3. The van der Waals surface area contributed by atoms with Crippen molar-refractivity contribution < 1.29 is 24.2 Å². The summed E-state index contributed by atoms with van der Waals surface area (Å²) in [5, 5.41) is 21.1. The topological polar surface area (TPSA) is 91.9 Å². The molecule has 0 aliphatic rings. The van der Waals surface area contributed by atoms with Gasteiger partial charge in [0, 0.05) is 0 Å². The Morgan fingerprint density at radius 2 is 2.18 bits per heavy atom. The molecule has 0 aliphatic heterocycles. The standard InChI is InChI=1S/C11H17NO5/c1-11(6-13,7-14)12-4-9-3-8(5-17-9)10(15)16-2/h3,5,12-14H,4,6-7H2,1-2H3. The monoisotopic (exact) mass is 243 g/mol. The first kappa shape index (κ1) is 13.7. The number of ether oxygens (including phenoxy) is 1. The van der Waals surface area contributed by atoms with E-state index >= 15 is 0 Å². The van der Waals surface area contributed by atoms with E-state index in [4.69, 9.17) is 14.6 Å². The van der Waals surface area contributed by atoms with E-state index in [0.29, 0.717) is 17.9 Å². The second kappa shape index (κ2) is 5.81. The number of esters is 1. The van der Waals surface area contributed by atoms with Crippen LogP contribution < -0.4 is 5.32 Å². The lowest BCUT2D eigenvalue weighted by atomic mass is 10.1. The number of furan rings is 1. The van der Waals surface area contributed by atoms with Gasteiger partial charge in [0.25, 0.3) is 0 Å². The first-order valence-electron chi connectivity index (χ1n) is 5.17. The molecule has 0 aliphatic carbocycles. The van der Waals surface area contributed by atoms with Crippen LogP contribution in [0.3, 0.4) is 0 Å². The van der Waals surface area contributed by atoms with Gasteiger partial charge in [0.15, 0.2) is 0 Å². The van der Waals surface area contributed by atoms with Crippen molar-refractivity contribution in [2.24, 2.45) is 0 Å². The number of methoxy groups -OCH3 is 1. The van der Waals surface area contributed by atoms with Gasteiger partial charge in [0.2, 0.25) is 0 Å². The lowest BCUT2D eigenvalue weighted by Crippen LogP contribution is -2.48. The molecule has 3 N–H and O–H groups in total. The van der Waals surface area contributed by atoms with Crippen LogP contribution >= 0.6 is 0 Å². The van der Waals surface area contributed by atoms with Gasteiger partial charge in [-0.3, -0.25) is 0 Å². The van der Waals surface area contributed by atoms with Gasteiger partial charge in [-0.15, -0.1) is 0 Å². The average molecular weight is 243 g/mol. The molecule has 0 radical (unpaired) electrons. The van der Waals surface area contributed by atoms with Gasteiger partial charge < -0.3 is 24.7 Å². The van der Waals surface area contributed by atoms with Crippen molar-refractivity contribution in [2.45, 2.75) is 19.0 Å². The molecule has 0 spiro atoms. The molecule has 1 aromatic heterocycles. The third kappa shape index (κ3) is 3.55. The maximum Gasteiger partial charge on any atom is 0.341 e. The summed E-state index contributed by atoms with van der Waals surface area (Å²) in [4.78, 5) is 11.2. The summed E-state index contributed by atoms with van der Waals surface area (Å²) in [6.07, 6.45) is 1.30. The van der Waals surface area contributed by atoms with Crippen LogP contribution in [0.4, 0.5) is 0 Å². The minimum atomic E-state index is -0.780. The zero-order valence-corrected chi connectivity index (χ0v) is 9.90. The molecule has 1 aromatic rings. The Bertz CT molecular complexity index is 370. The van der Waals surface area contributed by atoms with Crippen LogP contribution in [0.25, 0.3) is 0 Å². The number of hydrogen-bond acceptors (Lipinski definition) is 6. The smallest absolute Gasteiger partial charge is 0.341 e. The lowest BCUT2D eigenvalue weighted by Gasteiger charge is -2.25. The van der Waals surface area contributed by atoms with Crippen LogP contribution in [0.15, 0.2) is 16.7 Å². The minimum Gasteiger partial charge on any atom is -0.467 e. The van der Waals surface area contributed by atoms with Crippen molar-refractivity contribution in [3.8, 4) is 0 Å². The molecule has 1 heterocycles. The summed E-state index contributed by atoms with van der Waals surface area (Å²) >= 11 is 0. The second-order valence-corrected chi connectivity index (χ2v) is 4.02. The van der Waals surface area contributed by atoms with Crippen LogP contribution in [-0.2, 0) is 11.3 Å². The highest BCUT2D eigenvalue weighted by Gasteiger charge is 2.22. The Balaban J connectivity index is 2.58. The van der Waals surface area contributed by atoms with Crippen LogP contribution in [0.2, 0.25) is 0 Å². The summed E-state index contributed by atoms with van der Waals surface area (Å²) in [5.74, 6) is 0.0607. The average Bonchev–Trinajstić information content (AvgIpc) is 2.84. The fraction of sp³-hybridized carbons (Fsp3) is 0.545. The van der Waals surface area contributed by atoms with E-state index in [9.17, 15) is 4.79 Å². The third-order valence-corrected chi connectivity index (χ3v) is 2.46. The highest BCUT2D eigenvalue weighted by Crippen LogP contribution is 2.10. The Morgan fingerprint density at radius 3 is 2.71 bits per heavy atom. The largest absolute Gasteiger partial charge is 0.467 e. The number of rotatable bonds is 6. The maximum absolute atomic E-state index is 11.2. The van der Waals surface area contributed by atoms with Gasteiger partial charge in [-0.05, 0) is 13.0 Å². The van der Waals surface area contributed by atoms with Crippen molar-refractivity contribution in [1.82, 2.24) is 5.32 Å². The third-order valence-electron chi connectivity index (χ3n) is 2.46. The van der Waals surface area contributed by atoms with Crippen molar-refractivity contribution in [1.29, 1.82) is 0 Å². The van der Waals surface area contributed by atoms with Crippen LogP contribution in [0.1, 0.15) is 23.0 Å². The molecular formula is C11H17NO5. The van der Waals surface area contributed by atoms with E-state index in [2.05, 4.69) is 10.1 Å². The molecule has 96 valence electrons. The van der Waals surface area contributed by atoms with Crippen molar-refractivity contribution in [3.05, 3.63) is 23.7 Å². The molecule has 0 unspecified atom stereocenters. The van der Waals surface area contributed by atoms with E-state index in [1.807, 2.05) is 0 Å². The normalized spacial score (nSPS) is 11.5. The minimum absolute atomic E-state index is 0.200. The first-order valence-corrected chi connectivity index (χ1v) is 5.17. The molecule has 0 bridgehead atoms. The van der Waals surface area contributed by atoms with Crippen molar-refractivity contribution in [3.63, 3.8) is 0 Å². The molecule has 6 heteroatoms. The highest BCUT2D eigenvalue weighted by atomic mass is 16.5. The Hall–Kier alpha value is -1.37. The number of carbonyl (C=O) groups is 1. The lowest BCUT2D eigenvalue weighted by molar-refractivity contribution is 0.0600. The van der Waals surface area contributed by atoms with Gasteiger partial charge in [-0.25, -0.2) is 4.79 Å². The summed E-state index contributed by atoms with van der Waals surface area (Å²) in [7, 11) is 1.29. The number of aliphatic hydroxyl groups excluding tert-OH is 2. The SMILES string of the molecule is COC(=O)c1coc(CNC(C)(CO)CO)c1. The Labute approximate surface area is 99.2 Å². The molecule has 0 aromatic carbocycles. The molecule has 1 rings (SSSR count). The zero-order chi connectivity index (χ0) is 12.9. The Kier molecular flexibility index (Phi) is 4.68. The summed E-state index contributed by atoms with van der Waals surface area (Å²) in [6, 6.07) is 1.55. The summed E-state index contributed by atoms with van der Waals surface area (Å²) < 4.78 is 9.68. The summed E-state index contributed by atoms with van der Waals surface area (Å²) in [6.45, 7) is 1.58. The molecule has 0 atom stereocenters. The summed E-state index contributed by atoms with van der Waals surface area (Å²) in [5.41, 5.74) is -0.447. The first-order chi connectivity index (χ1) is 8.04. The predicted molar refractivity (Wildman–Crippen MR) is 59.5 cm³/mol. The molecule has 0 fully saturated rings. The predicted octanol–water partition coefficient (Wildman–Crippen LogP) is -0.101. The molecule has 17 heavy (non-hydrogen) atoms. The van der Waals surface area contributed by atoms with E-state index in [-0.39, 0.29) is 13.2 Å². The van der Waals surface area contributed by atoms with E-state index in [0.717, 1.165) is 0 Å². The molecular weight excluding hydrogens is 226 g/mol. The van der Waals surface area contributed by atoms with Crippen LogP contribution in [0.5, 0.6) is 0 Å². The molecule has 0 amide bonds. The van der Waals surface area contributed by atoms with E-state index < -0.39 is 11.5 Å². The zero-order valence-electron chi connectivity index (χ0n) is 9.90. The molecule has 0 saturated carbocycles. The fourth-order valence-corrected chi connectivity index (χ4v) is 1.16. The van der Waals surface area contributed by atoms with Crippen LogP contribution in [0, 0.1) is 0 Å². The maximum atomic E-state index is 11.2. The quantitative estimate of drug-likeness (QED) is 0.604. The van der Waals surface area contributed by atoms with Gasteiger partial charge in [0.05, 0.1) is 38.0 Å². The highest BCUT2D eigenvalue weighted by molar-refractivity contribution is 5.88. The number of carbonyl (C=O) groups excluding carboxylic acids is 1. The van der Waals surface area contributed by atoms with E-state index in [1.165, 1.54) is 13.4 Å². The number of nitrogens with one attached hydrogen (secondary N) is 1. The Morgan fingerprint density at radius 1 is 1.53 bits per heavy atom. The van der Waals surface area contributed by atoms with Gasteiger partial charge in [-0.2, -0.15) is 0 Å². The van der Waals surface area contributed by atoms with E-state index in [1.54, 1.807) is 13.0 Å². The number of aliphatic hydroxyl groups is 2. The van der Waals surface area contributed by atoms with Gasteiger partial charge in [-0.1, -0.05) is 0 Å². The van der Waals surface area contributed by atoms with Crippen molar-refractivity contribution in [2.75, 3.05) is 20.3 Å². The fourth-order valence-electron chi connectivity index (χ4n) is 1.16.